The van der Waals surface area contributed by atoms with Gasteiger partial charge in [-0.25, -0.2) is 0 Å². The van der Waals surface area contributed by atoms with Gasteiger partial charge in [-0.15, -0.1) is 5.92 Å². The molecule has 0 saturated carbocycles. The highest BCUT2D eigenvalue weighted by atomic mass is 14.8. The van der Waals surface area contributed by atoms with Crippen molar-refractivity contribution in [2.45, 2.75) is 6.92 Å². The van der Waals surface area contributed by atoms with Crippen molar-refractivity contribution in [3.8, 4) is 11.8 Å². The van der Waals surface area contributed by atoms with Gasteiger partial charge in [-0.05, 0) is 12.5 Å². The molecular formula is C13H15N. The molecular weight excluding hydrogens is 170 g/mol. The van der Waals surface area contributed by atoms with Gasteiger partial charge < -0.3 is 5.32 Å². The molecule has 0 aliphatic carbocycles. The number of benzene rings is 1. The maximum Gasteiger partial charge on any atom is 0.0578 e. The van der Waals surface area contributed by atoms with E-state index in [2.05, 4.69) is 41.4 Å². The van der Waals surface area contributed by atoms with Crippen LogP contribution in [-0.2, 0) is 0 Å². The first-order chi connectivity index (χ1) is 6.93. The lowest BCUT2D eigenvalue weighted by Gasteiger charge is -1.93. The second kappa shape index (κ2) is 6.94. The van der Waals surface area contributed by atoms with Crippen LogP contribution in [0.2, 0.25) is 0 Å². The average Bonchev–Trinajstić information content (AvgIpc) is 2.25. The molecule has 0 atom stereocenters. The van der Waals surface area contributed by atoms with E-state index >= 15 is 0 Å². The first kappa shape index (κ1) is 10.6. The highest BCUT2D eigenvalue weighted by Crippen LogP contribution is 1.99. The standard InChI is InChI=1S/C13H15N/c1-2-3-11-14-12-7-10-13-8-5-4-6-9-13/h4-10,14H,11-12H2,1H3/b10-7+. The molecule has 0 amide bonds. The quantitative estimate of drug-likeness (QED) is 0.560. The van der Waals surface area contributed by atoms with Gasteiger partial charge in [0, 0.05) is 6.54 Å². The normalized spacial score (nSPS) is 9.79. The lowest BCUT2D eigenvalue weighted by atomic mass is 10.2. The van der Waals surface area contributed by atoms with Crippen LogP contribution in [0, 0.1) is 11.8 Å². The van der Waals surface area contributed by atoms with Crippen LogP contribution >= 0.6 is 0 Å². The molecule has 0 aromatic heterocycles. The Bertz CT molecular complexity index is 327. The van der Waals surface area contributed by atoms with E-state index in [4.69, 9.17) is 0 Å². The molecule has 1 rings (SSSR count). The van der Waals surface area contributed by atoms with Gasteiger partial charge in [0.1, 0.15) is 0 Å². The molecule has 1 aromatic carbocycles. The summed E-state index contributed by atoms with van der Waals surface area (Å²) in [5, 5.41) is 3.20. The molecule has 0 spiro atoms. The SMILES string of the molecule is CC#CCNC/C=C/c1ccccc1. The van der Waals surface area contributed by atoms with E-state index in [1.807, 2.05) is 25.1 Å². The Balaban J connectivity index is 2.23. The number of hydrogen-bond acceptors (Lipinski definition) is 1. The molecule has 0 bridgehead atoms. The van der Waals surface area contributed by atoms with Gasteiger partial charge >= 0.3 is 0 Å². The fourth-order valence-corrected chi connectivity index (χ4v) is 1.07. The second-order valence-electron chi connectivity index (χ2n) is 2.87. The van der Waals surface area contributed by atoms with Crippen molar-refractivity contribution < 1.29 is 0 Å². The maximum atomic E-state index is 3.20. The van der Waals surface area contributed by atoms with Crippen molar-refractivity contribution in [3.63, 3.8) is 0 Å². The van der Waals surface area contributed by atoms with Crippen LogP contribution in [0.3, 0.4) is 0 Å². The Morgan fingerprint density at radius 3 is 2.79 bits per heavy atom. The van der Waals surface area contributed by atoms with Crippen molar-refractivity contribution in [3.05, 3.63) is 42.0 Å². The fourth-order valence-electron chi connectivity index (χ4n) is 1.07. The summed E-state index contributed by atoms with van der Waals surface area (Å²) in [5.74, 6) is 5.79. The first-order valence-corrected chi connectivity index (χ1v) is 4.75. The lowest BCUT2D eigenvalue weighted by molar-refractivity contribution is 0.858. The lowest BCUT2D eigenvalue weighted by Crippen LogP contribution is -2.12. The van der Waals surface area contributed by atoms with E-state index in [9.17, 15) is 0 Å². The van der Waals surface area contributed by atoms with E-state index in [1.165, 1.54) is 5.56 Å². The zero-order valence-corrected chi connectivity index (χ0v) is 8.46. The van der Waals surface area contributed by atoms with E-state index < -0.39 is 0 Å². The van der Waals surface area contributed by atoms with Gasteiger partial charge in [0.05, 0.1) is 6.54 Å². The van der Waals surface area contributed by atoms with Crippen LogP contribution in [0.1, 0.15) is 12.5 Å². The van der Waals surface area contributed by atoms with E-state index in [0.717, 1.165) is 13.1 Å². The number of rotatable bonds is 4. The Morgan fingerprint density at radius 2 is 2.07 bits per heavy atom. The summed E-state index contributed by atoms with van der Waals surface area (Å²) in [7, 11) is 0. The predicted octanol–water partition coefficient (Wildman–Crippen LogP) is 2.31. The van der Waals surface area contributed by atoms with Crippen LogP contribution in [0.4, 0.5) is 0 Å². The molecule has 1 nitrogen and oxygen atoms in total. The smallest absolute Gasteiger partial charge is 0.0578 e. The predicted molar refractivity (Wildman–Crippen MR) is 61.8 cm³/mol. The molecule has 0 unspecified atom stereocenters. The van der Waals surface area contributed by atoms with Gasteiger partial charge in [0.2, 0.25) is 0 Å². The maximum absolute atomic E-state index is 3.20. The average molecular weight is 185 g/mol. The molecule has 0 saturated heterocycles. The molecule has 0 radical (unpaired) electrons. The number of nitrogens with one attached hydrogen (secondary N) is 1. The fraction of sp³-hybridized carbons (Fsp3) is 0.231. The Kier molecular flexibility index (Phi) is 5.23. The molecule has 0 aliphatic heterocycles. The van der Waals surface area contributed by atoms with Crippen molar-refractivity contribution in [1.82, 2.24) is 5.32 Å². The summed E-state index contributed by atoms with van der Waals surface area (Å²) in [5.41, 5.74) is 1.23. The van der Waals surface area contributed by atoms with E-state index in [-0.39, 0.29) is 0 Å². The summed E-state index contributed by atoms with van der Waals surface area (Å²) in [4.78, 5) is 0. The second-order valence-corrected chi connectivity index (χ2v) is 2.87. The molecule has 0 fully saturated rings. The van der Waals surface area contributed by atoms with Crippen molar-refractivity contribution >= 4 is 6.08 Å². The summed E-state index contributed by atoms with van der Waals surface area (Å²) >= 11 is 0. The zero-order chi connectivity index (χ0) is 10.1. The minimum absolute atomic E-state index is 0.760. The zero-order valence-electron chi connectivity index (χ0n) is 8.46. The minimum Gasteiger partial charge on any atom is -0.303 e. The van der Waals surface area contributed by atoms with Gasteiger partial charge in [-0.1, -0.05) is 48.4 Å². The third-order valence-electron chi connectivity index (χ3n) is 1.76. The Morgan fingerprint density at radius 1 is 1.29 bits per heavy atom. The third-order valence-corrected chi connectivity index (χ3v) is 1.76. The molecule has 0 aliphatic rings. The van der Waals surface area contributed by atoms with E-state index in [0.29, 0.717) is 0 Å². The van der Waals surface area contributed by atoms with Crippen LogP contribution < -0.4 is 5.32 Å². The molecule has 1 heteroatoms. The Hall–Kier alpha value is -1.52. The van der Waals surface area contributed by atoms with Crippen LogP contribution in [0.25, 0.3) is 6.08 Å². The first-order valence-electron chi connectivity index (χ1n) is 4.75. The summed E-state index contributed by atoms with van der Waals surface area (Å²) < 4.78 is 0. The molecule has 72 valence electrons. The van der Waals surface area contributed by atoms with Crippen molar-refractivity contribution in [2.75, 3.05) is 13.1 Å². The van der Waals surface area contributed by atoms with Gasteiger partial charge in [-0.3, -0.25) is 0 Å². The summed E-state index contributed by atoms with van der Waals surface area (Å²) in [6.45, 7) is 3.47. The summed E-state index contributed by atoms with van der Waals surface area (Å²) in [6.07, 6.45) is 4.21. The van der Waals surface area contributed by atoms with E-state index in [1.54, 1.807) is 0 Å². The van der Waals surface area contributed by atoms with Crippen molar-refractivity contribution in [1.29, 1.82) is 0 Å². The van der Waals surface area contributed by atoms with Crippen LogP contribution in [0.15, 0.2) is 36.4 Å². The molecule has 1 aromatic rings. The third kappa shape index (κ3) is 4.49. The molecule has 14 heavy (non-hydrogen) atoms. The molecule has 1 N–H and O–H groups in total. The topological polar surface area (TPSA) is 12.0 Å². The van der Waals surface area contributed by atoms with Gasteiger partial charge in [-0.2, -0.15) is 0 Å². The Labute approximate surface area is 85.8 Å². The minimum atomic E-state index is 0.760. The molecule has 0 heterocycles. The highest BCUT2D eigenvalue weighted by Gasteiger charge is 1.81. The van der Waals surface area contributed by atoms with Gasteiger partial charge in [0.15, 0.2) is 0 Å². The van der Waals surface area contributed by atoms with Crippen LogP contribution in [0.5, 0.6) is 0 Å². The number of hydrogen-bond donors (Lipinski definition) is 1. The highest BCUT2D eigenvalue weighted by molar-refractivity contribution is 5.48. The monoisotopic (exact) mass is 185 g/mol. The summed E-state index contributed by atoms with van der Waals surface area (Å²) in [6, 6.07) is 10.3. The van der Waals surface area contributed by atoms with Crippen LogP contribution in [-0.4, -0.2) is 13.1 Å². The van der Waals surface area contributed by atoms with Gasteiger partial charge in [0.25, 0.3) is 0 Å². The largest absolute Gasteiger partial charge is 0.303 e. The van der Waals surface area contributed by atoms with Crippen molar-refractivity contribution in [2.24, 2.45) is 0 Å².